The predicted octanol–water partition coefficient (Wildman–Crippen LogP) is 1.13. The van der Waals surface area contributed by atoms with E-state index in [0.29, 0.717) is 6.04 Å². The molecule has 112 valence electrons. The molecule has 1 aliphatic rings. The maximum atomic E-state index is 11.9. The minimum atomic E-state index is -4.34. The average Bonchev–Trinajstić information content (AvgIpc) is 2.35. The van der Waals surface area contributed by atoms with Crippen LogP contribution >= 0.6 is 0 Å². The molecule has 0 aromatic rings. The lowest BCUT2D eigenvalue weighted by atomic mass is 10.1. The minimum absolute atomic E-state index is 0.0522. The largest absolute Gasteiger partial charge is 0.405 e. The number of rotatable bonds is 6. The van der Waals surface area contributed by atoms with Crippen LogP contribution in [0.5, 0.6) is 0 Å². The number of hydrogen-bond acceptors (Lipinski definition) is 3. The van der Waals surface area contributed by atoms with E-state index in [-0.39, 0.29) is 6.54 Å². The topological polar surface area (TPSA) is 44.4 Å². The van der Waals surface area contributed by atoms with Crippen LogP contribution in [0.15, 0.2) is 0 Å². The van der Waals surface area contributed by atoms with Gasteiger partial charge in [0.2, 0.25) is 5.91 Å². The summed E-state index contributed by atoms with van der Waals surface area (Å²) < 4.78 is 35.8. The first kappa shape index (κ1) is 16.2. The number of hydrogen-bond donors (Lipinski definition) is 2. The Hall–Kier alpha value is -0.820. The molecule has 19 heavy (non-hydrogen) atoms. The fourth-order valence-corrected chi connectivity index (χ4v) is 2.10. The zero-order valence-electron chi connectivity index (χ0n) is 11.2. The van der Waals surface area contributed by atoms with Crippen LogP contribution in [-0.4, -0.2) is 55.7 Å². The van der Waals surface area contributed by atoms with Gasteiger partial charge in [0.1, 0.15) is 6.54 Å². The second kappa shape index (κ2) is 7.69. The number of alkyl halides is 3. The molecule has 0 spiro atoms. The van der Waals surface area contributed by atoms with E-state index in [1.807, 2.05) is 10.2 Å². The Kier molecular flexibility index (Phi) is 6.57. The molecule has 0 atom stereocenters. The molecule has 4 nitrogen and oxygen atoms in total. The summed E-state index contributed by atoms with van der Waals surface area (Å²) in [4.78, 5) is 13.2. The van der Waals surface area contributed by atoms with Crippen LogP contribution in [0.4, 0.5) is 13.2 Å². The van der Waals surface area contributed by atoms with Gasteiger partial charge >= 0.3 is 6.18 Å². The van der Waals surface area contributed by atoms with Crippen molar-refractivity contribution in [3.63, 3.8) is 0 Å². The minimum Gasteiger partial charge on any atom is -0.346 e. The van der Waals surface area contributed by atoms with E-state index in [9.17, 15) is 18.0 Å². The molecule has 1 amide bonds. The molecule has 0 aromatic heterocycles. The molecule has 1 rings (SSSR count). The van der Waals surface area contributed by atoms with E-state index in [1.54, 1.807) is 0 Å². The molecule has 1 fully saturated rings. The average molecular weight is 281 g/mol. The van der Waals surface area contributed by atoms with Crippen LogP contribution in [0.3, 0.4) is 0 Å². The molecule has 2 N–H and O–H groups in total. The van der Waals surface area contributed by atoms with Crippen molar-refractivity contribution in [1.29, 1.82) is 0 Å². The molecular weight excluding hydrogens is 259 g/mol. The highest BCUT2D eigenvalue weighted by molar-refractivity contribution is 5.78. The van der Waals surface area contributed by atoms with Crippen molar-refractivity contribution >= 4 is 5.91 Å². The molecule has 1 aliphatic heterocycles. The maximum absolute atomic E-state index is 11.9. The van der Waals surface area contributed by atoms with Gasteiger partial charge in [0, 0.05) is 19.1 Å². The SMILES string of the molecule is CCCNC1CCN(CC(=O)NCC(F)(F)F)CC1. The Morgan fingerprint density at radius 3 is 2.47 bits per heavy atom. The van der Waals surface area contributed by atoms with Crippen LogP contribution < -0.4 is 10.6 Å². The van der Waals surface area contributed by atoms with Gasteiger partial charge in [0.15, 0.2) is 0 Å². The first-order chi connectivity index (χ1) is 8.90. The van der Waals surface area contributed by atoms with E-state index in [4.69, 9.17) is 0 Å². The Morgan fingerprint density at radius 2 is 1.95 bits per heavy atom. The van der Waals surface area contributed by atoms with Crippen molar-refractivity contribution in [3.05, 3.63) is 0 Å². The first-order valence-corrected chi connectivity index (χ1v) is 6.70. The normalized spacial score (nSPS) is 18.5. The van der Waals surface area contributed by atoms with Crippen molar-refractivity contribution in [1.82, 2.24) is 15.5 Å². The molecular formula is C12H22F3N3O. The third-order valence-electron chi connectivity index (χ3n) is 3.12. The van der Waals surface area contributed by atoms with Crippen molar-refractivity contribution in [3.8, 4) is 0 Å². The molecule has 7 heteroatoms. The number of piperidine rings is 1. The highest BCUT2D eigenvalue weighted by atomic mass is 19.4. The summed E-state index contributed by atoms with van der Waals surface area (Å²) in [5.41, 5.74) is 0. The number of halogens is 3. The van der Waals surface area contributed by atoms with Crippen molar-refractivity contribution in [2.75, 3.05) is 32.7 Å². The second-order valence-corrected chi connectivity index (χ2v) is 4.90. The molecule has 1 saturated heterocycles. The lowest BCUT2D eigenvalue weighted by molar-refractivity contribution is -0.139. The van der Waals surface area contributed by atoms with Crippen molar-refractivity contribution in [2.45, 2.75) is 38.4 Å². The third kappa shape index (κ3) is 7.37. The van der Waals surface area contributed by atoms with Gasteiger partial charge in [-0.25, -0.2) is 0 Å². The number of likely N-dealkylation sites (tertiary alicyclic amines) is 1. The van der Waals surface area contributed by atoms with Crippen LogP contribution in [0.2, 0.25) is 0 Å². The maximum Gasteiger partial charge on any atom is 0.405 e. The van der Waals surface area contributed by atoms with Gasteiger partial charge in [0.05, 0.1) is 6.54 Å². The van der Waals surface area contributed by atoms with Crippen LogP contribution in [-0.2, 0) is 4.79 Å². The lowest BCUT2D eigenvalue weighted by Gasteiger charge is -2.31. The standard InChI is InChI=1S/C12H22F3N3O/c1-2-5-16-10-3-6-18(7-4-10)8-11(19)17-9-12(13,14)15/h10,16H,2-9H2,1H3,(H,17,19). The summed E-state index contributed by atoms with van der Waals surface area (Å²) in [6.07, 6.45) is -1.38. The molecule has 0 radical (unpaired) electrons. The molecule has 0 saturated carbocycles. The number of amides is 1. The number of carbonyl (C=O) groups is 1. The quantitative estimate of drug-likeness (QED) is 0.767. The Bertz CT molecular complexity index is 276. The van der Waals surface area contributed by atoms with E-state index in [1.165, 1.54) is 0 Å². The van der Waals surface area contributed by atoms with Crippen LogP contribution in [0, 0.1) is 0 Å². The Balaban J connectivity index is 2.16. The van der Waals surface area contributed by atoms with E-state index in [0.717, 1.165) is 38.9 Å². The Morgan fingerprint density at radius 1 is 1.32 bits per heavy atom. The zero-order chi connectivity index (χ0) is 14.3. The Labute approximate surface area is 111 Å². The third-order valence-corrected chi connectivity index (χ3v) is 3.12. The number of nitrogens with zero attached hydrogens (tertiary/aromatic N) is 1. The van der Waals surface area contributed by atoms with Gasteiger partial charge in [-0.15, -0.1) is 0 Å². The summed E-state index contributed by atoms with van der Waals surface area (Å²) in [6.45, 7) is 3.39. The molecule has 0 aromatic carbocycles. The fourth-order valence-electron chi connectivity index (χ4n) is 2.10. The van der Waals surface area contributed by atoms with Gasteiger partial charge in [-0.3, -0.25) is 9.69 Å². The van der Waals surface area contributed by atoms with E-state index >= 15 is 0 Å². The molecule has 1 heterocycles. The van der Waals surface area contributed by atoms with Gasteiger partial charge in [-0.05, 0) is 25.8 Å². The van der Waals surface area contributed by atoms with E-state index in [2.05, 4.69) is 12.2 Å². The van der Waals surface area contributed by atoms with E-state index < -0.39 is 18.6 Å². The van der Waals surface area contributed by atoms with Gasteiger partial charge in [0.25, 0.3) is 0 Å². The monoisotopic (exact) mass is 281 g/mol. The van der Waals surface area contributed by atoms with Crippen molar-refractivity contribution < 1.29 is 18.0 Å². The van der Waals surface area contributed by atoms with Crippen molar-refractivity contribution in [2.24, 2.45) is 0 Å². The predicted molar refractivity (Wildman–Crippen MR) is 66.8 cm³/mol. The van der Waals surface area contributed by atoms with Crippen LogP contribution in [0.1, 0.15) is 26.2 Å². The lowest BCUT2D eigenvalue weighted by Crippen LogP contribution is -2.47. The fraction of sp³-hybridized carbons (Fsp3) is 0.917. The van der Waals surface area contributed by atoms with Gasteiger partial charge in [-0.2, -0.15) is 13.2 Å². The number of nitrogens with one attached hydrogen (secondary N) is 2. The zero-order valence-corrected chi connectivity index (χ0v) is 11.2. The molecule has 0 bridgehead atoms. The molecule has 0 aliphatic carbocycles. The smallest absolute Gasteiger partial charge is 0.346 e. The summed E-state index contributed by atoms with van der Waals surface area (Å²) in [7, 11) is 0. The summed E-state index contributed by atoms with van der Waals surface area (Å²) in [5, 5.41) is 5.31. The summed E-state index contributed by atoms with van der Waals surface area (Å²) in [6, 6.07) is 0.467. The second-order valence-electron chi connectivity index (χ2n) is 4.90. The molecule has 0 unspecified atom stereocenters. The number of carbonyl (C=O) groups excluding carboxylic acids is 1. The van der Waals surface area contributed by atoms with Gasteiger partial charge in [-0.1, -0.05) is 6.92 Å². The summed E-state index contributed by atoms with van der Waals surface area (Å²) >= 11 is 0. The summed E-state index contributed by atoms with van der Waals surface area (Å²) in [5.74, 6) is -0.558. The highest BCUT2D eigenvalue weighted by Gasteiger charge is 2.28. The van der Waals surface area contributed by atoms with Crippen LogP contribution in [0.25, 0.3) is 0 Å². The van der Waals surface area contributed by atoms with Gasteiger partial charge < -0.3 is 10.6 Å². The first-order valence-electron chi connectivity index (χ1n) is 6.70. The highest BCUT2D eigenvalue weighted by Crippen LogP contribution is 2.12.